The second-order valence-corrected chi connectivity index (χ2v) is 6.34. The van der Waals surface area contributed by atoms with Crippen LogP contribution in [0.25, 0.3) is 0 Å². The Morgan fingerprint density at radius 2 is 1.86 bits per heavy atom. The molecule has 0 aliphatic heterocycles. The molecule has 0 radical (unpaired) electrons. The number of aliphatic carboxylic acids is 1. The average molecular weight is 305 g/mol. The second-order valence-electron chi connectivity index (χ2n) is 6.34. The summed E-state index contributed by atoms with van der Waals surface area (Å²) in [6.07, 6.45) is 6.86. The van der Waals surface area contributed by atoms with Gasteiger partial charge >= 0.3 is 5.97 Å². The third-order valence-corrected chi connectivity index (χ3v) is 4.67. The third kappa shape index (κ3) is 4.73. The highest BCUT2D eigenvalue weighted by Gasteiger charge is 2.26. The molecule has 0 heterocycles. The molecule has 1 aromatic rings. The maximum Gasteiger partial charge on any atom is 0.320 e. The van der Waals surface area contributed by atoms with Gasteiger partial charge in [-0.2, -0.15) is 0 Å². The first-order valence-electron chi connectivity index (χ1n) is 8.38. The molecule has 1 saturated carbocycles. The number of carboxylic acid groups (broad SMARTS) is 1. The van der Waals surface area contributed by atoms with Gasteiger partial charge in [-0.25, -0.2) is 0 Å². The molecule has 1 fully saturated rings. The molecule has 1 atom stereocenters. The standard InChI is InChI=1S/C18H27NO3/c1-2-3-4-17(18(21)22)19-15-9-5-13(6-10-15)14-7-11-16(20)12-8-14/h7-8,11-13,15,17,19-20H,2-6,9-10H2,1H3,(H,21,22)/t13?,15?,17-/m0/s1. The van der Waals surface area contributed by atoms with Gasteiger partial charge in [0, 0.05) is 6.04 Å². The van der Waals surface area contributed by atoms with Gasteiger partial charge in [-0.1, -0.05) is 31.9 Å². The molecule has 122 valence electrons. The highest BCUT2D eigenvalue weighted by molar-refractivity contribution is 5.73. The summed E-state index contributed by atoms with van der Waals surface area (Å²) in [7, 11) is 0. The Balaban J connectivity index is 1.83. The molecule has 0 unspecified atom stereocenters. The minimum atomic E-state index is -0.728. The molecule has 0 amide bonds. The van der Waals surface area contributed by atoms with Crippen LogP contribution in [0.4, 0.5) is 0 Å². The smallest absolute Gasteiger partial charge is 0.320 e. The Bertz CT molecular complexity index is 464. The van der Waals surface area contributed by atoms with Crippen LogP contribution in [0.15, 0.2) is 24.3 Å². The molecule has 4 heteroatoms. The maximum absolute atomic E-state index is 11.3. The number of hydrogen-bond acceptors (Lipinski definition) is 3. The Kier molecular flexibility index (Phi) is 6.25. The van der Waals surface area contributed by atoms with Gasteiger partial charge in [0.25, 0.3) is 0 Å². The van der Waals surface area contributed by atoms with Crippen molar-refractivity contribution in [1.82, 2.24) is 5.32 Å². The van der Waals surface area contributed by atoms with Crippen LogP contribution < -0.4 is 5.32 Å². The minimum absolute atomic E-state index is 0.305. The molecule has 2 rings (SSSR count). The topological polar surface area (TPSA) is 69.6 Å². The quantitative estimate of drug-likeness (QED) is 0.719. The lowest BCUT2D eigenvalue weighted by Gasteiger charge is -2.31. The van der Waals surface area contributed by atoms with Crippen molar-refractivity contribution < 1.29 is 15.0 Å². The van der Waals surface area contributed by atoms with Crippen LogP contribution in [0.5, 0.6) is 5.75 Å². The highest BCUT2D eigenvalue weighted by Crippen LogP contribution is 2.33. The van der Waals surface area contributed by atoms with Gasteiger partial charge in [-0.15, -0.1) is 0 Å². The summed E-state index contributed by atoms with van der Waals surface area (Å²) in [5, 5.41) is 22.0. The predicted molar refractivity (Wildman–Crippen MR) is 87.2 cm³/mol. The summed E-state index contributed by atoms with van der Waals surface area (Å²) in [5.74, 6) is 0.103. The fourth-order valence-corrected chi connectivity index (χ4v) is 3.31. The number of hydrogen-bond donors (Lipinski definition) is 3. The number of rotatable bonds is 7. The lowest BCUT2D eigenvalue weighted by molar-refractivity contribution is -0.140. The minimum Gasteiger partial charge on any atom is -0.508 e. The van der Waals surface area contributed by atoms with Crippen molar-refractivity contribution in [2.75, 3.05) is 0 Å². The fourth-order valence-electron chi connectivity index (χ4n) is 3.31. The first-order chi connectivity index (χ1) is 10.6. The van der Waals surface area contributed by atoms with E-state index in [1.54, 1.807) is 12.1 Å². The number of carbonyl (C=O) groups is 1. The monoisotopic (exact) mass is 305 g/mol. The SMILES string of the molecule is CCCC[C@H](NC1CCC(c2ccc(O)cc2)CC1)C(=O)O. The molecule has 4 nitrogen and oxygen atoms in total. The van der Waals surface area contributed by atoms with E-state index in [1.165, 1.54) is 5.56 Å². The van der Waals surface area contributed by atoms with Crippen molar-refractivity contribution in [3.8, 4) is 5.75 Å². The van der Waals surface area contributed by atoms with Crippen LogP contribution >= 0.6 is 0 Å². The van der Waals surface area contributed by atoms with Gasteiger partial charge in [0.05, 0.1) is 0 Å². The molecule has 0 aromatic heterocycles. The van der Waals surface area contributed by atoms with Crippen molar-refractivity contribution in [1.29, 1.82) is 0 Å². The number of phenols is 1. The largest absolute Gasteiger partial charge is 0.508 e. The van der Waals surface area contributed by atoms with Crippen LogP contribution in [0, 0.1) is 0 Å². The second kappa shape index (κ2) is 8.18. The molecular weight excluding hydrogens is 278 g/mol. The van der Waals surface area contributed by atoms with E-state index in [-0.39, 0.29) is 0 Å². The Labute approximate surface area is 132 Å². The van der Waals surface area contributed by atoms with Crippen molar-refractivity contribution in [3.05, 3.63) is 29.8 Å². The lowest BCUT2D eigenvalue weighted by atomic mass is 9.81. The van der Waals surface area contributed by atoms with Gasteiger partial charge < -0.3 is 15.5 Å². The van der Waals surface area contributed by atoms with Crippen molar-refractivity contribution in [3.63, 3.8) is 0 Å². The van der Waals surface area contributed by atoms with E-state index in [0.717, 1.165) is 38.5 Å². The zero-order valence-corrected chi connectivity index (χ0v) is 13.3. The summed E-state index contributed by atoms with van der Waals surface area (Å²) in [6.45, 7) is 2.09. The molecular formula is C18H27NO3. The van der Waals surface area contributed by atoms with Crippen LogP contribution in [-0.4, -0.2) is 28.3 Å². The maximum atomic E-state index is 11.3. The van der Waals surface area contributed by atoms with E-state index >= 15 is 0 Å². The summed E-state index contributed by atoms with van der Waals surface area (Å²) in [5.41, 5.74) is 1.28. The number of nitrogens with one attached hydrogen (secondary N) is 1. The number of carboxylic acids is 1. The number of unbranched alkanes of at least 4 members (excludes halogenated alkanes) is 1. The van der Waals surface area contributed by atoms with Crippen LogP contribution in [0.3, 0.4) is 0 Å². The zero-order valence-electron chi connectivity index (χ0n) is 13.3. The fraction of sp³-hybridized carbons (Fsp3) is 0.611. The molecule has 1 aliphatic rings. The zero-order chi connectivity index (χ0) is 15.9. The van der Waals surface area contributed by atoms with Crippen molar-refractivity contribution in [2.45, 2.75) is 69.9 Å². The van der Waals surface area contributed by atoms with E-state index in [4.69, 9.17) is 0 Å². The van der Waals surface area contributed by atoms with Crippen LogP contribution in [0.2, 0.25) is 0 Å². The van der Waals surface area contributed by atoms with E-state index in [9.17, 15) is 15.0 Å². The van der Waals surface area contributed by atoms with Gasteiger partial charge in [-0.3, -0.25) is 4.79 Å². The van der Waals surface area contributed by atoms with Gasteiger partial charge in [0.2, 0.25) is 0 Å². The molecule has 0 bridgehead atoms. The average Bonchev–Trinajstić information content (AvgIpc) is 2.52. The molecule has 1 aromatic carbocycles. The van der Waals surface area contributed by atoms with E-state index in [2.05, 4.69) is 12.2 Å². The highest BCUT2D eigenvalue weighted by atomic mass is 16.4. The Morgan fingerprint density at radius 3 is 2.41 bits per heavy atom. The number of aromatic hydroxyl groups is 1. The number of benzene rings is 1. The lowest BCUT2D eigenvalue weighted by Crippen LogP contribution is -2.44. The van der Waals surface area contributed by atoms with Crippen LogP contribution in [0.1, 0.15) is 63.4 Å². The predicted octanol–water partition coefficient (Wildman–Crippen LogP) is 3.65. The Morgan fingerprint density at radius 1 is 1.23 bits per heavy atom. The van der Waals surface area contributed by atoms with E-state index in [0.29, 0.717) is 24.1 Å². The first kappa shape index (κ1) is 16.8. The van der Waals surface area contributed by atoms with E-state index in [1.807, 2.05) is 12.1 Å². The summed E-state index contributed by atoms with van der Waals surface area (Å²) in [6, 6.07) is 7.38. The number of phenolic OH excluding ortho intramolecular Hbond substituents is 1. The molecule has 1 aliphatic carbocycles. The molecule has 22 heavy (non-hydrogen) atoms. The normalized spacial score (nSPS) is 23.1. The van der Waals surface area contributed by atoms with Crippen LogP contribution in [-0.2, 0) is 4.79 Å². The van der Waals surface area contributed by atoms with Gasteiger partial charge in [0.1, 0.15) is 11.8 Å². The third-order valence-electron chi connectivity index (χ3n) is 4.67. The van der Waals surface area contributed by atoms with Crippen molar-refractivity contribution in [2.24, 2.45) is 0 Å². The van der Waals surface area contributed by atoms with Crippen molar-refractivity contribution >= 4 is 5.97 Å². The molecule has 0 saturated heterocycles. The van der Waals surface area contributed by atoms with Gasteiger partial charge in [0.15, 0.2) is 0 Å². The van der Waals surface area contributed by atoms with Gasteiger partial charge in [-0.05, 0) is 55.7 Å². The molecule has 3 N–H and O–H groups in total. The first-order valence-corrected chi connectivity index (χ1v) is 8.38. The summed E-state index contributed by atoms with van der Waals surface area (Å²) in [4.78, 5) is 11.3. The summed E-state index contributed by atoms with van der Waals surface area (Å²) < 4.78 is 0. The molecule has 0 spiro atoms. The summed E-state index contributed by atoms with van der Waals surface area (Å²) >= 11 is 0. The Hall–Kier alpha value is -1.55. The van der Waals surface area contributed by atoms with E-state index < -0.39 is 12.0 Å².